The number of aromatic nitrogens is 1. The van der Waals surface area contributed by atoms with E-state index >= 15 is 0 Å². The van der Waals surface area contributed by atoms with Gasteiger partial charge in [0.25, 0.3) is 5.56 Å². The zero-order valence-electron chi connectivity index (χ0n) is 19.5. The molecule has 0 radical (unpaired) electrons. The van der Waals surface area contributed by atoms with E-state index in [-0.39, 0.29) is 24.5 Å². The molecule has 1 atom stereocenters. The standard InChI is InChI=1S/C26H29N3O5/c1-4-34-23(31)16-21(27-26(33)28-24-22(30)12-13-29(3)25(24)32)20-11-7-9-18(15-20)14-19-10-6-5-8-17(19)2/h5-13,15,21,30H,4,14,16H2,1-3H3,(H2,27,28,33)/t21-/m0/s1. The van der Waals surface area contributed by atoms with Crippen molar-refractivity contribution < 1.29 is 19.4 Å². The number of aryl methyl sites for hydroxylation is 2. The number of nitrogens with zero attached hydrogens (tertiary/aromatic N) is 1. The summed E-state index contributed by atoms with van der Waals surface area (Å²) in [7, 11) is 1.51. The summed E-state index contributed by atoms with van der Waals surface area (Å²) in [4.78, 5) is 37.3. The Kier molecular flexibility index (Phi) is 8.08. The van der Waals surface area contributed by atoms with Gasteiger partial charge in [0.05, 0.1) is 19.1 Å². The average Bonchev–Trinajstić information content (AvgIpc) is 2.81. The predicted molar refractivity (Wildman–Crippen MR) is 130 cm³/mol. The van der Waals surface area contributed by atoms with Gasteiger partial charge >= 0.3 is 12.0 Å². The van der Waals surface area contributed by atoms with Crippen molar-refractivity contribution in [1.82, 2.24) is 9.88 Å². The van der Waals surface area contributed by atoms with Crippen LogP contribution in [0.15, 0.2) is 65.6 Å². The van der Waals surface area contributed by atoms with Gasteiger partial charge in [-0.1, -0.05) is 48.5 Å². The van der Waals surface area contributed by atoms with Gasteiger partial charge in [0, 0.05) is 13.2 Å². The van der Waals surface area contributed by atoms with Crippen molar-refractivity contribution in [3.63, 3.8) is 0 Å². The lowest BCUT2D eigenvalue weighted by molar-refractivity contribution is -0.143. The summed E-state index contributed by atoms with van der Waals surface area (Å²) >= 11 is 0. The van der Waals surface area contributed by atoms with E-state index in [9.17, 15) is 19.5 Å². The van der Waals surface area contributed by atoms with Gasteiger partial charge in [-0.15, -0.1) is 0 Å². The normalized spacial score (nSPS) is 11.5. The second-order valence-electron chi connectivity index (χ2n) is 8.00. The summed E-state index contributed by atoms with van der Waals surface area (Å²) in [5.74, 6) is -0.809. The number of hydrogen-bond donors (Lipinski definition) is 3. The van der Waals surface area contributed by atoms with Crippen LogP contribution in [0.1, 0.15) is 41.6 Å². The minimum Gasteiger partial charge on any atom is -0.505 e. The number of carbonyl (C=O) groups excluding carboxylic acids is 2. The molecule has 3 aromatic rings. The van der Waals surface area contributed by atoms with Crippen molar-refractivity contribution in [2.75, 3.05) is 11.9 Å². The molecule has 0 aliphatic rings. The van der Waals surface area contributed by atoms with Gasteiger partial charge in [0.2, 0.25) is 0 Å². The number of amides is 2. The third-order valence-electron chi connectivity index (χ3n) is 5.48. The van der Waals surface area contributed by atoms with Crippen LogP contribution < -0.4 is 16.2 Å². The summed E-state index contributed by atoms with van der Waals surface area (Å²) in [5.41, 5.74) is 3.31. The Morgan fingerprint density at radius 3 is 2.62 bits per heavy atom. The van der Waals surface area contributed by atoms with E-state index in [0.29, 0.717) is 6.42 Å². The maximum absolute atomic E-state index is 12.7. The minimum absolute atomic E-state index is 0.0894. The number of nitrogens with one attached hydrogen (secondary N) is 2. The molecule has 0 aliphatic carbocycles. The van der Waals surface area contributed by atoms with Gasteiger partial charge in [-0.25, -0.2) is 4.79 Å². The fourth-order valence-electron chi connectivity index (χ4n) is 3.63. The van der Waals surface area contributed by atoms with Crippen molar-refractivity contribution in [2.45, 2.75) is 32.7 Å². The molecule has 0 aliphatic heterocycles. The Labute approximate surface area is 198 Å². The van der Waals surface area contributed by atoms with E-state index in [1.807, 2.05) is 36.4 Å². The number of anilines is 1. The lowest BCUT2D eigenvalue weighted by Crippen LogP contribution is -2.36. The van der Waals surface area contributed by atoms with Crippen LogP contribution in [-0.2, 0) is 23.0 Å². The van der Waals surface area contributed by atoms with Crippen molar-refractivity contribution in [1.29, 1.82) is 0 Å². The molecule has 0 saturated carbocycles. The highest BCUT2D eigenvalue weighted by atomic mass is 16.5. The van der Waals surface area contributed by atoms with E-state index in [1.54, 1.807) is 6.92 Å². The van der Waals surface area contributed by atoms with E-state index in [2.05, 4.69) is 29.7 Å². The lowest BCUT2D eigenvalue weighted by atomic mass is 9.96. The second-order valence-corrected chi connectivity index (χ2v) is 8.00. The molecule has 2 amide bonds. The maximum Gasteiger partial charge on any atom is 0.319 e. The number of aromatic hydroxyl groups is 1. The van der Waals surface area contributed by atoms with Crippen LogP contribution in [0.3, 0.4) is 0 Å². The molecule has 2 aromatic carbocycles. The highest BCUT2D eigenvalue weighted by molar-refractivity contribution is 5.91. The second kappa shape index (κ2) is 11.2. The van der Waals surface area contributed by atoms with Gasteiger partial charge in [0.1, 0.15) is 5.75 Å². The highest BCUT2D eigenvalue weighted by Crippen LogP contribution is 2.23. The number of carbonyl (C=O) groups is 2. The largest absolute Gasteiger partial charge is 0.505 e. The summed E-state index contributed by atoms with van der Waals surface area (Å²) in [5, 5.41) is 15.1. The molecule has 1 aromatic heterocycles. The first-order valence-corrected chi connectivity index (χ1v) is 11.0. The predicted octanol–water partition coefficient (Wildman–Crippen LogP) is 3.81. The first kappa shape index (κ1) is 24.6. The van der Waals surface area contributed by atoms with Crippen LogP contribution in [-0.4, -0.2) is 28.3 Å². The molecule has 8 nitrogen and oxygen atoms in total. The number of esters is 1. The summed E-state index contributed by atoms with van der Waals surface area (Å²) in [6.07, 6.45) is 2.00. The van der Waals surface area contributed by atoms with Crippen LogP contribution in [0.25, 0.3) is 0 Å². The van der Waals surface area contributed by atoms with E-state index in [0.717, 1.165) is 11.1 Å². The molecule has 34 heavy (non-hydrogen) atoms. The van der Waals surface area contributed by atoms with Crippen LogP contribution in [0.4, 0.5) is 10.5 Å². The topological polar surface area (TPSA) is 110 Å². The Morgan fingerprint density at radius 2 is 1.88 bits per heavy atom. The minimum atomic E-state index is -0.725. The first-order valence-electron chi connectivity index (χ1n) is 11.0. The first-order chi connectivity index (χ1) is 16.3. The fraction of sp³-hybridized carbons (Fsp3) is 0.269. The van der Waals surface area contributed by atoms with Gasteiger partial charge in [-0.3, -0.25) is 9.59 Å². The third-order valence-corrected chi connectivity index (χ3v) is 5.48. The average molecular weight is 464 g/mol. The molecule has 0 spiro atoms. The van der Waals surface area contributed by atoms with Crippen molar-refractivity contribution in [3.8, 4) is 5.75 Å². The number of hydrogen-bond acceptors (Lipinski definition) is 5. The van der Waals surface area contributed by atoms with Crippen LogP contribution in [0, 0.1) is 6.92 Å². The Hall–Kier alpha value is -4.07. The third kappa shape index (κ3) is 6.25. The molecule has 178 valence electrons. The zero-order valence-corrected chi connectivity index (χ0v) is 19.5. The SMILES string of the molecule is CCOC(=O)C[C@H](NC(=O)Nc1c(O)ccn(C)c1=O)c1cccc(Cc2ccccc2C)c1. The Morgan fingerprint density at radius 1 is 1.12 bits per heavy atom. The van der Waals surface area contributed by atoms with Crippen molar-refractivity contribution in [2.24, 2.45) is 7.05 Å². The summed E-state index contributed by atoms with van der Waals surface area (Å²) in [6, 6.07) is 15.6. The lowest BCUT2D eigenvalue weighted by Gasteiger charge is -2.20. The number of urea groups is 1. The van der Waals surface area contributed by atoms with Crippen molar-refractivity contribution in [3.05, 3.63) is 93.4 Å². The van der Waals surface area contributed by atoms with Crippen LogP contribution >= 0.6 is 0 Å². The van der Waals surface area contributed by atoms with Gasteiger partial charge in [0.15, 0.2) is 5.69 Å². The van der Waals surface area contributed by atoms with Crippen LogP contribution in [0.5, 0.6) is 5.75 Å². The molecule has 3 rings (SSSR count). The van der Waals surface area contributed by atoms with Gasteiger partial charge in [-0.05, 0) is 48.6 Å². The maximum atomic E-state index is 12.7. The number of ether oxygens (including phenoxy) is 1. The van der Waals surface area contributed by atoms with E-state index < -0.39 is 23.6 Å². The summed E-state index contributed by atoms with van der Waals surface area (Å²) < 4.78 is 6.32. The molecule has 0 unspecified atom stereocenters. The Balaban J connectivity index is 1.84. The molecule has 0 bridgehead atoms. The molecular weight excluding hydrogens is 434 g/mol. The molecule has 3 N–H and O–H groups in total. The van der Waals surface area contributed by atoms with E-state index in [1.165, 1.54) is 35.0 Å². The molecular formula is C26H29N3O5. The molecule has 0 saturated heterocycles. The molecule has 0 fully saturated rings. The molecule has 1 heterocycles. The smallest absolute Gasteiger partial charge is 0.319 e. The fourth-order valence-corrected chi connectivity index (χ4v) is 3.63. The number of benzene rings is 2. The monoisotopic (exact) mass is 463 g/mol. The number of pyridine rings is 1. The zero-order chi connectivity index (χ0) is 24.7. The van der Waals surface area contributed by atoms with Crippen LogP contribution in [0.2, 0.25) is 0 Å². The number of rotatable bonds is 8. The van der Waals surface area contributed by atoms with Crippen molar-refractivity contribution >= 4 is 17.7 Å². The van der Waals surface area contributed by atoms with E-state index in [4.69, 9.17) is 4.74 Å². The quantitative estimate of drug-likeness (QED) is 0.440. The summed E-state index contributed by atoms with van der Waals surface area (Å²) in [6.45, 7) is 3.99. The Bertz CT molecular complexity index is 1240. The highest BCUT2D eigenvalue weighted by Gasteiger charge is 2.21. The van der Waals surface area contributed by atoms with Gasteiger partial charge in [-0.2, -0.15) is 0 Å². The van der Waals surface area contributed by atoms with Gasteiger partial charge < -0.3 is 25.0 Å². The molecule has 8 heteroatoms.